The Bertz CT molecular complexity index is 846. The minimum atomic E-state index is 0.645. The maximum atomic E-state index is 5.75. The Balaban J connectivity index is 1.36. The first-order valence-electron chi connectivity index (χ1n) is 8.88. The molecule has 0 amide bonds. The molecule has 0 saturated heterocycles. The van der Waals surface area contributed by atoms with E-state index in [1.165, 1.54) is 5.56 Å². The molecule has 0 fully saturated rings. The first-order valence-corrected chi connectivity index (χ1v) is 9.67. The highest BCUT2D eigenvalue weighted by Gasteiger charge is 2.08. The fourth-order valence-electron chi connectivity index (χ4n) is 2.86. The number of rotatable bonds is 9. The number of methoxy groups -OCH3 is 1. The molecule has 0 bridgehead atoms. The number of ether oxygens (including phenoxy) is 2. The highest BCUT2D eigenvalue weighted by atomic mass is 79.9. The molecule has 26 heavy (non-hydrogen) atoms. The Morgan fingerprint density at radius 3 is 2.62 bits per heavy atom. The van der Waals surface area contributed by atoms with E-state index in [1.54, 1.807) is 7.11 Å². The molecule has 0 atom stereocenters. The number of hydrogen-bond donors (Lipinski definition) is 0. The van der Waals surface area contributed by atoms with Crippen LogP contribution >= 0.6 is 15.9 Å². The number of aryl methyl sites for hydroxylation is 2. The average molecular weight is 418 g/mol. The van der Waals surface area contributed by atoms with E-state index < -0.39 is 0 Å². The molecule has 0 radical (unpaired) electrons. The summed E-state index contributed by atoms with van der Waals surface area (Å²) in [6, 6.07) is 12.1. The van der Waals surface area contributed by atoms with Gasteiger partial charge in [-0.15, -0.1) is 5.10 Å². The summed E-state index contributed by atoms with van der Waals surface area (Å²) in [6.45, 7) is 4.36. The van der Waals surface area contributed by atoms with E-state index in [2.05, 4.69) is 45.3 Å². The Morgan fingerprint density at radius 2 is 1.85 bits per heavy atom. The lowest BCUT2D eigenvalue weighted by Crippen LogP contribution is -2.01. The molecular formula is C20H24BrN3O2. The van der Waals surface area contributed by atoms with Crippen LogP contribution in [0.5, 0.6) is 5.75 Å². The summed E-state index contributed by atoms with van der Waals surface area (Å²) in [5, 5.41) is 8.59. The van der Waals surface area contributed by atoms with Crippen LogP contribution in [0.2, 0.25) is 0 Å². The van der Waals surface area contributed by atoms with E-state index in [0.29, 0.717) is 6.61 Å². The number of benzene rings is 2. The van der Waals surface area contributed by atoms with Gasteiger partial charge in [0.1, 0.15) is 11.3 Å². The SMILES string of the molecule is COc1ccc(COCCCCCn2nnc3c(C)c(Br)ccc32)cc1. The van der Waals surface area contributed by atoms with Gasteiger partial charge in [-0.2, -0.15) is 0 Å². The number of fused-ring (bicyclic) bond motifs is 1. The van der Waals surface area contributed by atoms with E-state index in [1.807, 2.05) is 28.9 Å². The molecule has 0 N–H and O–H groups in total. The van der Waals surface area contributed by atoms with Crippen LogP contribution < -0.4 is 4.74 Å². The predicted molar refractivity (Wildman–Crippen MR) is 106 cm³/mol. The molecule has 3 rings (SSSR count). The van der Waals surface area contributed by atoms with Gasteiger partial charge in [-0.3, -0.25) is 0 Å². The summed E-state index contributed by atoms with van der Waals surface area (Å²) in [5.41, 5.74) is 4.38. The Morgan fingerprint density at radius 1 is 1.04 bits per heavy atom. The molecule has 2 aromatic carbocycles. The predicted octanol–water partition coefficient (Wildman–Crippen LogP) is 4.90. The fourth-order valence-corrected chi connectivity index (χ4v) is 3.18. The van der Waals surface area contributed by atoms with E-state index in [0.717, 1.165) is 59.2 Å². The molecule has 1 aromatic heterocycles. The summed E-state index contributed by atoms with van der Waals surface area (Å²) < 4.78 is 14.0. The third kappa shape index (κ3) is 4.62. The number of hydrogen-bond acceptors (Lipinski definition) is 4. The highest BCUT2D eigenvalue weighted by molar-refractivity contribution is 9.10. The van der Waals surface area contributed by atoms with Crippen molar-refractivity contribution in [2.45, 2.75) is 39.3 Å². The maximum absolute atomic E-state index is 5.75. The van der Waals surface area contributed by atoms with Gasteiger partial charge >= 0.3 is 0 Å². The Labute approximate surface area is 162 Å². The highest BCUT2D eigenvalue weighted by Crippen LogP contribution is 2.24. The van der Waals surface area contributed by atoms with Crippen LogP contribution in [0.15, 0.2) is 40.9 Å². The molecule has 1 heterocycles. The lowest BCUT2D eigenvalue weighted by atomic mass is 10.2. The number of aromatic nitrogens is 3. The number of nitrogens with zero attached hydrogens (tertiary/aromatic N) is 3. The Hall–Kier alpha value is -1.92. The first-order chi connectivity index (χ1) is 12.7. The van der Waals surface area contributed by atoms with Crippen LogP contribution in [0.3, 0.4) is 0 Å². The van der Waals surface area contributed by atoms with E-state index >= 15 is 0 Å². The number of unbranched alkanes of at least 4 members (excludes halogenated alkanes) is 2. The van der Waals surface area contributed by atoms with Gasteiger partial charge in [0.2, 0.25) is 0 Å². The minimum Gasteiger partial charge on any atom is -0.497 e. The molecule has 0 aliphatic carbocycles. The van der Waals surface area contributed by atoms with Crippen LogP contribution in [0.4, 0.5) is 0 Å². The van der Waals surface area contributed by atoms with Gasteiger partial charge in [0.25, 0.3) is 0 Å². The zero-order valence-corrected chi connectivity index (χ0v) is 16.8. The average Bonchev–Trinajstić information content (AvgIpc) is 3.08. The van der Waals surface area contributed by atoms with Crippen molar-refractivity contribution in [1.82, 2.24) is 15.0 Å². The summed E-state index contributed by atoms with van der Waals surface area (Å²) in [5.74, 6) is 0.872. The van der Waals surface area contributed by atoms with Crippen molar-refractivity contribution < 1.29 is 9.47 Å². The first kappa shape index (κ1) is 18.9. The summed E-state index contributed by atoms with van der Waals surface area (Å²) in [6.07, 6.45) is 3.23. The zero-order valence-electron chi connectivity index (χ0n) is 15.2. The van der Waals surface area contributed by atoms with Crippen LogP contribution in [0.25, 0.3) is 11.0 Å². The van der Waals surface area contributed by atoms with Gasteiger partial charge in [0.05, 0.1) is 19.2 Å². The van der Waals surface area contributed by atoms with Crippen LogP contribution in [-0.4, -0.2) is 28.7 Å². The summed E-state index contributed by atoms with van der Waals surface area (Å²) in [4.78, 5) is 0. The van der Waals surface area contributed by atoms with Gasteiger partial charge in [0, 0.05) is 17.6 Å². The third-order valence-corrected chi connectivity index (χ3v) is 5.32. The molecule has 0 aliphatic rings. The largest absolute Gasteiger partial charge is 0.497 e. The smallest absolute Gasteiger partial charge is 0.118 e. The van der Waals surface area contributed by atoms with Gasteiger partial charge in [-0.25, -0.2) is 4.68 Å². The van der Waals surface area contributed by atoms with Crippen LogP contribution in [0.1, 0.15) is 30.4 Å². The van der Waals surface area contributed by atoms with Gasteiger partial charge < -0.3 is 9.47 Å². The molecule has 0 aliphatic heterocycles. The van der Waals surface area contributed by atoms with Crippen LogP contribution in [0, 0.1) is 6.92 Å². The maximum Gasteiger partial charge on any atom is 0.118 e. The zero-order chi connectivity index (χ0) is 18.4. The molecule has 138 valence electrons. The second-order valence-corrected chi connectivity index (χ2v) is 7.17. The van der Waals surface area contributed by atoms with Gasteiger partial charge in [0.15, 0.2) is 0 Å². The molecule has 0 saturated carbocycles. The standard InChI is InChI=1S/C20H24BrN3O2/c1-15-18(21)10-11-19-20(15)22-23-24(19)12-4-3-5-13-26-14-16-6-8-17(25-2)9-7-16/h6-11H,3-5,12-14H2,1-2H3. The minimum absolute atomic E-state index is 0.645. The van der Waals surface area contributed by atoms with Crippen molar-refractivity contribution in [2.75, 3.05) is 13.7 Å². The van der Waals surface area contributed by atoms with Crippen LogP contribution in [-0.2, 0) is 17.9 Å². The number of halogens is 1. The topological polar surface area (TPSA) is 49.2 Å². The second-order valence-electron chi connectivity index (χ2n) is 6.31. The normalized spacial score (nSPS) is 11.2. The van der Waals surface area contributed by atoms with Crippen molar-refractivity contribution in [2.24, 2.45) is 0 Å². The summed E-state index contributed by atoms with van der Waals surface area (Å²) in [7, 11) is 1.67. The quantitative estimate of drug-likeness (QED) is 0.464. The lowest BCUT2D eigenvalue weighted by Gasteiger charge is -2.06. The van der Waals surface area contributed by atoms with Crippen molar-refractivity contribution in [3.8, 4) is 5.75 Å². The third-order valence-electron chi connectivity index (χ3n) is 4.46. The van der Waals surface area contributed by atoms with Crippen molar-refractivity contribution in [3.63, 3.8) is 0 Å². The molecule has 5 nitrogen and oxygen atoms in total. The van der Waals surface area contributed by atoms with E-state index in [-0.39, 0.29) is 0 Å². The molecule has 3 aromatic rings. The molecule has 0 spiro atoms. The van der Waals surface area contributed by atoms with Gasteiger partial charge in [-0.05, 0) is 61.6 Å². The Kier molecular flexibility index (Phi) is 6.63. The van der Waals surface area contributed by atoms with E-state index in [4.69, 9.17) is 9.47 Å². The lowest BCUT2D eigenvalue weighted by molar-refractivity contribution is 0.116. The van der Waals surface area contributed by atoms with Crippen molar-refractivity contribution in [3.05, 3.63) is 52.0 Å². The molecule has 0 unspecified atom stereocenters. The molecule has 6 heteroatoms. The fraction of sp³-hybridized carbons (Fsp3) is 0.400. The summed E-state index contributed by atoms with van der Waals surface area (Å²) >= 11 is 3.54. The molecular weight excluding hydrogens is 394 g/mol. The van der Waals surface area contributed by atoms with Gasteiger partial charge in [-0.1, -0.05) is 33.3 Å². The monoisotopic (exact) mass is 417 g/mol. The second kappa shape index (κ2) is 9.14. The van der Waals surface area contributed by atoms with Crippen molar-refractivity contribution >= 4 is 27.0 Å². The van der Waals surface area contributed by atoms with E-state index in [9.17, 15) is 0 Å². The van der Waals surface area contributed by atoms with Crippen molar-refractivity contribution in [1.29, 1.82) is 0 Å².